The predicted molar refractivity (Wildman–Crippen MR) is 72.0 cm³/mol. The maximum absolute atomic E-state index is 12.1. The lowest BCUT2D eigenvalue weighted by Gasteiger charge is -2.28. The van der Waals surface area contributed by atoms with Crippen LogP contribution in [-0.2, 0) is 4.74 Å². The molecule has 1 fully saturated rings. The molecule has 0 spiro atoms. The average molecular weight is 264 g/mol. The van der Waals surface area contributed by atoms with Crippen LogP contribution in [0.2, 0.25) is 0 Å². The first kappa shape index (κ1) is 13.6. The highest BCUT2D eigenvalue weighted by Gasteiger charge is 2.33. The van der Waals surface area contributed by atoms with Crippen LogP contribution in [0.5, 0.6) is 0 Å². The predicted octanol–water partition coefficient (Wildman–Crippen LogP) is 2.45. The maximum Gasteiger partial charge on any atom is 0.410 e. The number of pyridine rings is 1. The number of ether oxygens (including phenoxy) is 1. The summed E-state index contributed by atoms with van der Waals surface area (Å²) < 4.78 is 5.41. The van der Waals surface area contributed by atoms with Crippen LogP contribution in [0.4, 0.5) is 4.79 Å². The number of nitrogens with zero attached hydrogens (tertiary/aromatic N) is 1. The summed E-state index contributed by atoms with van der Waals surface area (Å²) in [4.78, 5) is 27.6. The zero-order chi connectivity index (χ0) is 14.0. The highest BCUT2D eigenvalue weighted by atomic mass is 16.6. The molecule has 1 saturated heterocycles. The fraction of sp³-hybridized carbons (Fsp3) is 0.571. The number of aromatic nitrogens is 1. The van der Waals surface area contributed by atoms with E-state index in [2.05, 4.69) is 4.98 Å². The van der Waals surface area contributed by atoms with Gasteiger partial charge in [-0.05, 0) is 39.2 Å². The molecule has 1 aliphatic heterocycles. The number of rotatable bonds is 1. The van der Waals surface area contributed by atoms with E-state index in [4.69, 9.17) is 4.74 Å². The molecule has 1 aromatic rings. The summed E-state index contributed by atoms with van der Waals surface area (Å²) in [6.45, 7) is 6.26. The molecule has 1 N–H and O–H groups in total. The molecule has 5 nitrogen and oxygen atoms in total. The van der Waals surface area contributed by atoms with Crippen LogP contribution in [0.25, 0.3) is 0 Å². The topological polar surface area (TPSA) is 62.4 Å². The van der Waals surface area contributed by atoms with Crippen LogP contribution >= 0.6 is 0 Å². The minimum Gasteiger partial charge on any atom is -0.444 e. The van der Waals surface area contributed by atoms with E-state index < -0.39 is 5.60 Å². The molecule has 2 rings (SSSR count). The molecule has 2 heterocycles. The second-order valence-electron chi connectivity index (χ2n) is 5.82. The lowest BCUT2D eigenvalue weighted by Crippen LogP contribution is -2.36. The summed E-state index contributed by atoms with van der Waals surface area (Å²) in [5, 5.41) is 0. The van der Waals surface area contributed by atoms with Crippen molar-refractivity contribution < 1.29 is 9.53 Å². The van der Waals surface area contributed by atoms with Crippen molar-refractivity contribution in [2.75, 3.05) is 6.54 Å². The molecule has 0 aliphatic carbocycles. The lowest BCUT2D eigenvalue weighted by atomic mass is 10.1. The Morgan fingerprint density at radius 2 is 2.16 bits per heavy atom. The van der Waals surface area contributed by atoms with Crippen LogP contribution in [-0.4, -0.2) is 28.1 Å². The van der Waals surface area contributed by atoms with Crippen molar-refractivity contribution in [3.63, 3.8) is 0 Å². The fourth-order valence-corrected chi connectivity index (χ4v) is 2.28. The second-order valence-corrected chi connectivity index (χ2v) is 5.82. The molecule has 1 aliphatic rings. The van der Waals surface area contributed by atoms with Gasteiger partial charge in [-0.1, -0.05) is 6.07 Å². The van der Waals surface area contributed by atoms with Crippen molar-refractivity contribution >= 4 is 6.09 Å². The molecule has 0 radical (unpaired) electrons. The van der Waals surface area contributed by atoms with Gasteiger partial charge < -0.3 is 14.6 Å². The standard InChI is InChI=1S/C14H20N2O3/c1-14(2,3)19-13(18)16-8-4-5-11(16)10-6-7-12(17)15-9-10/h6-7,9,11H,4-5,8H2,1-3H3,(H,15,17)/t11-/m0/s1. The van der Waals surface area contributed by atoms with Gasteiger partial charge in [0.1, 0.15) is 5.60 Å². The van der Waals surface area contributed by atoms with E-state index in [0.717, 1.165) is 18.4 Å². The molecule has 1 atom stereocenters. The largest absolute Gasteiger partial charge is 0.444 e. The second kappa shape index (κ2) is 5.07. The Hall–Kier alpha value is -1.78. The number of aromatic amines is 1. The zero-order valence-corrected chi connectivity index (χ0v) is 11.6. The number of carbonyl (C=O) groups excluding carboxylic acids is 1. The number of carbonyl (C=O) groups is 1. The number of likely N-dealkylation sites (tertiary alicyclic amines) is 1. The molecule has 0 aromatic carbocycles. The van der Waals surface area contributed by atoms with E-state index in [0.29, 0.717) is 6.54 Å². The van der Waals surface area contributed by atoms with E-state index >= 15 is 0 Å². The van der Waals surface area contributed by atoms with Crippen molar-refractivity contribution in [2.24, 2.45) is 0 Å². The van der Waals surface area contributed by atoms with Crippen molar-refractivity contribution in [3.05, 3.63) is 34.2 Å². The molecule has 104 valence electrons. The molecule has 0 unspecified atom stereocenters. The monoisotopic (exact) mass is 264 g/mol. The Labute approximate surface area is 112 Å². The summed E-state index contributed by atoms with van der Waals surface area (Å²) in [6, 6.07) is 3.25. The third kappa shape index (κ3) is 3.36. The van der Waals surface area contributed by atoms with E-state index in [-0.39, 0.29) is 17.7 Å². The first-order chi connectivity index (χ1) is 8.87. The summed E-state index contributed by atoms with van der Waals surface area (Å²) in [5.74, 6) is 0. The fourth-order valence-electron chi connectivity index (χ4n) is 2.28. The molecule has 1 amide bonds. The van der Waals surface area contributed by atoms with E-state index in [1.807, 2.05) is 20.8 Å². The van der Waals surface area contributed by atoms with Gasteiger partial charge in [0.15, 0.2) is 0 Å². The van der Waals surface area contributed by atoms with Gasteiger partial charge in [0.25, 0.3) is 0 Å². The van der Waals surface area contributed by atoms with Gasteiger partial charge >= 0.3 is 6.09 Å². The smallest absolute Gasteiger partial charge is 0.410 e. The third-order valence-corrected chi connectivity index (χ3v) is 3.07. The first-order valence-corrected chi connectivity index (χ1v) is 6.55. The summed E-state index contributed by atoms with van der Waals surface area (Å²) in [6.07, 6.45) is 3.23. The minimum absolute atomic E-state index is 0.00769. The van der Waals surface area contributed by atoms with Gasteiger partial charge in [-0.3, -0.25) is 4.79 Å². The normalized spacial score (nSPS) is 19.5. The third-order valence-electron chi connectivity index (χ3n) is 3.07. The molecule has 5 heteroatoms. The van der Waals surface area contributed by atoms with Gasteiger partial charge in [0.05, 0.1) is 6.04 Å². The Kier molecular flexibility index (Phi) is 3.64. The lowest BCUT2D eigenvalue weighted by molar-refractivity contribution is 0.0224. The minimum atomic E-state index is -0.491. The SMILES string of the molecule is CC(C)(C)OC(=O)N1CCC[C@H]1c1ccc(=O)[nH]c1. The molecule has 19 heavy (non-hydrogen) atoms. The number of amides is 1. The number of nitrogens with one attached hydrogen (secondary N) is 1. The highest BCUT2D eigenvalue weighted by Crippen LogP contribution is 2.32. The molecule has 0 bridgehead atoms. The van der Waals surface area contributed by atoms with Crippen LogP contribution in [0, 0.1) is 0 Å². The van der Waals surface area contributed by atoms with Crippen LogP contribution in [0.3, 0.4) is 0 Å². The van der Waals surface area contributed by atoms with Crippen molar-refractivity contribution in [1.29, 1.82) is 0 Å². The van der Waals surface area contributed by atoms with Gasteiger partial charge in [0, 0.05) is 18.8 Å². The van der Waals surface area contributed by atoms with Gasteiger partial charge in [-0.2, -0.15) is 0 Å². The average Bonchev–Trinajstić information content (AvgIpc) is 2.76. The van der Waals surface area contributed by atoms with Gasteiger partial charge in [-0.15, -0.1) is 0 Å². The Bertz CT molecular complexity index is 496. The number of hydrogen-bond acceptors (Lipinski definition) is 3. The first-order valence-electron chi connectivity index (χ1n) is 6.55. The van der Waals surface area contributed by atoms with Gasteiger partial charge in [0.2, 0.25) is 5.56 Å². The van der Waals surface area contributed by atoms with Crippen LogP contribution < -0.4 is 5.56 Å². The van der Waals surface area contributed by atoms with E-state index in [1.54, 1.807) is 17.2 Å². The zero-order valence-electron chi connectivity index (χ0n) is 11.6. The van der Waals surface area contributed by atoms with E-state index in [1.165, 1.54) is 6.07 Å². The molecular formula is C14H20N2O3. The number of hydrogen-bond donors (Lipinski definition) is 1. The van der Waals surface area contributed by atoms with Gasteiger partial charge in [-0.25, -0.2) is 4.79 Å². The summed E-state index contributed by atoms with van der Waals surface area (Å²) >= 11 is 0. The van der Waals surface area contributed by atoms with Crippen LogP contribution in [0.15, 0.2) is 23.1 Å². The Morgan fingerprint density at radius 1 is 1.42 bits per heavy atom. The van der Waals surface area contributed by atoms with Crippen LogP contribution in [0.1, 0.15) is 45.2 Å². The van der Waals surface area contributed by atoms with Crippen molar-refractivity contribution in [1.82, 2.24) is 9.88 Å². The number of H-pyrrole nitrogens is 1. The molecule has 1 aromatic heterocycles. The maximum atomic E-state index is 12.1. The molecule has 0 saturated carbocycles. The summed E-state index contributed by atoms with van der Waals surface area (Å²) in [7, 11) is 0. The highest BCUT2D eigenvalue weighted by molar-refractivity contribution is 5.69. The Balaban J connectivity index is 2.15. The van der Waals surface area contributed by atoms with Crippen molar-refractivity contribution in [2.45, 2.75) is 45.3 Å². The Morgan fingerprint density at radius 3 is 2.74 bits per heavy atom. The summed E-state index contributed by atoms with van der Waals surface area (Å²) in [5.41, 5.74) is 0.323. The molecular weight excluding hydrogens is 244 g/mol. The van der Waals surface area contributed by atoms with E-state index in [9.17, 15) is 9.59 Å². The quantitative estimate of drug-likeness (QED) is 0.847. The van der Waals surface area contributed by atoms with Crippen molar-refractivity contribution in [3.8, 4) is 0 Å².